The molecular formula is C20H23BrN6O4S. The first-order valence-corrected chi connectivity index (χ1v) is 11.8. The van der Waals surface area contributed by atoms with Crippen LogP contribution < -0.4 is 18.9 Å². The van der Waals surface area contributed by atoms with E-state index in [0.717, 1.165) is 11.9 Å². The van der Waals surface area contributed by atoms with E-state index >= 15 is 0 Å². The molecule has 0 unspecified atom stereocenters. The summed E-state index contributed by atoms with van der Waals surface area (Å²) in [6.45, 7) is 3.71. The molecule has 0 fully saturated rings. The molecule has 2 aromatic heterocycles. The highest BCUT2D eigenvalue weighted by atomic mass is 79.9. The zero-order valence-corrected chi connectivity index (χ0v) is 19.7. The Balaban J connectivity index is 2.01. The van der Waals surface area contributed by atoms with Gasteiger partial charge in [-0.15, -0.1) is 0 Å². The lowest BCUT2D eigenvalue weighted by Gasteiger charge is -2.15. The molecule has 3 rings (SSSR count). The zero-order valence-electron chi connectivity index (χ0n) is 21.3. The highest BCUT2D eigenvalue weighted by Gasteiger charge is 2.19. The molecule has 0 spiro atoms. The molecule has 0 aliphatic rings. The molecule has 1 aromatic carbocycles. The lowest BCUT2D eigenvalue weighted by atomic mass is 10.1. The number of aryl methyl sites for hydroxylation is 1. The Bertz CT molecular complexity index is 1320. The van der Waals surface area contributed by atoms with Crippen molar-refractivity contribution in [2.24, 2.45) is 0 Å². The number of nitrogens with one attached hydrogen (secondary N) is 2. The van der Waals surface area contributed by atoms with Crippen LogP contribution in [-0.2, 0) is 10.2 Å². The van der Waals surface area contributed by atoms with E-state index in [4.69, 9.17) is 15.0 Å². The second kappa shape index (κ2) is 11.2. The van der Waals surface area contributed by atoms with Gasteiger partial charge in [0.15, 0.2) is 5.82 Å². The largest absolute Gasteiger partial charge is 0.473 e. The van der Waals surface area contributed by atoms with Gasteiger partial charge in [-0.1, -0.05) is 34.9 Å². The maximum Gasteiger partial charge on any atom is 0.316 e. The van der Waals surface area contributed by atoms with Crippen LogP contribution in [0.15, 0.2) is 47.4 Å². The average Bonchev–Trinajstić information content (AvgIpc) is 2.85. The normalized spacial score (nSPS) is 13.0. The van der Waals surface area contributed by atoms with Crippen molar-refractivity contribution >= 4 is 32.0 Å². The molecule has 0 bridgehead atoms. The van der Waals surface area contributed by atoms with Crippen molar-refractivity contribution in [2.45, 2.75) is 20.3 Å². The summed E-state index contributed by atoms with van der Waals surface area (Å²) in [5, 5.41) is 0. The summed E-state index contributed by atoms with van der Waals surface area (Å²) in [4.78, 5) is 16.1. The SMILES string of the molecule is [2H]c1c([2H])c(-c2c(NS(=O)(=O)NCCC)ncnc2OCCOc2ncc(C)cn2)c([2H])c([2H])c1Br. The highest BCUT2D eigenvalue weighted by Crippen LogP contribution is 2.34. The molecule has 0 atom stereocenters. The molecule has 12 heteroatoms. The third-order valence-corrected chi connectivity index (χ3v) is 5.18. The molecule has 0 amide bonds. The molecule has 32 heavy (non-hydrogen) atoms. The molecule has 2 N–H and O–H groups in total. The predicted molar refractivity (Wildman–Crippen MR) is 124 cm³/mol. The monoisotopic (exact) mass is 526 g/mol. The fourth-order valence-electron chi connectivity index (χ4n) is 2.33. The molecule has 0 aliphatic carbocycles. The van der Waals surface area contributed by atoms with Gasteiger partial charge in [0.25, 0.3) is 10.2 Å². The van der Waals surface area contributed by atoms with Gasteiger partial charge in [0.05, 0.1) is 11.0 Å². The van der Waals surface area contributed by atoms with Crippen LogP contribution in [-0.4, -0.2) is 48.1 Å². The molecular weight excluding hydrogens is 500 g/mol. The van der Waals surface area contributed by atoms with Gasteiger partial charge in [-0.25, -0.2) is 19.9 Å². The Morgan fingerprint density at radius 2 is 1.75 bits per heavy atom. The van der Waals surface area contributed by atoms with Crippen LogP contribution in [0.2, 0.25) is 0 Å². The van der Waals surface area contributed by atoms with Crippen LogP contribution in [0.3, 0.4) is 0 Å². The summed E-state index contributed by atoms with van der Waals surface area (Å²) >= 11 is 3.05. The third kappa shape index (κ3) is 6.84. The topological polar surface area (TPSA) is 128 Å². The van der Waals surface area contributed by atoms with Crippen LogP contribution in [0.1, 0.15) is 24.4 Å². The minimum absolute atomic E-state index is 0.000804. The molecule has 0 radical (unpaired) electrons. The van der Waals surface area contributed by atoms with Crippen LogP contribution >= 0.6 is 15.9 Å². The van der Waals surface area contributed by atoms with Crippen molar-refractivity contribution in [1.82, 2.24) is 24.7 Å². The van der Waals surface area contributed by atoms with Crippen molar-refractivity contribution < 1.29 is 23.4 Å². The minimum atomic E-state index is -4.08. The zero-order chi connectivity index (χ0) is 26.5. The maximum atomic E-state index is 12.5. The summed E-state index contributed by atoms with van der Waals surface area (Å²) in [6, 6.07) is -1.46. The first-order valence-electron chi connectivity index (χ1n) is 11.5. The third-order valence-electron chi connectivity index (χ3n) is 3.74. The molecule has 0 aliphatic heterocycles. The Morgan fingerprint density at radius 3 is 2.44 bits per heavy atom. The van der Waals surface area contributed by atoms with Crippen LogP contribution in [0.5, 0.6) is 11.9 Å². The number of hydrogen-bond acceptors (Lipinski definition) is 8. The van der Waals surface area contributed by atoms with Crippen LogP contribution in [0.25, 0.3) is 11.1 Å². The molecule has 170 valence electrons. The number of aromatic nitrogens is 4. The number of hydrogen-bond donors (Lipinski definition) is 2. The maximum absolute atomic E-state index is 12.5. The number of rotatable bonds is 11. The number of anilines is 1. The van der Waals surface area contributed by atoms with Crippen molar-refractivity contribution in [2.75, 3.05) is 24.5 Å². The number of nitrogens with zero attached hydrogens (tertiary/aromatic N) is 4. The quantitative estimate of drug-likeness (QED) is 0.364. The van der Waals surface area contributed by atoms with Crippen molar-refractivity contribution in [3.8, 4) is 23.0 Å². The number of halogens is 1. The molecule has 10 nitrogen and oxygen atoms in total. The first-order chi connectivity index (χ1) is 17.1. The Morgan fingerprint density at radius 1 is 1.06 bits per heavy atom. The summed E-state index contributed by atoms with van der Waals surface area (Å²) < 4.78 is 73.9. The first kappa shape index (κ1) is 18.7. The Hall–Kier alpha value is -2.83. The molecule has 3 aromatic rings. The summed E-state index contributed by atoms with van der Waals surface area (Å²) in [7, 11) is -4.08. The van der Waals surface area contributed by atoms with E-state index in [9.17, 15) is 8.42 Å². The van der Waals surface area contributed by atoms with E-state index in [1.165, 1.54) is 0 Å². The van der Waals surface area contributed by atoms with Gasteiger partial charge in [-0.3, -0.25) is 4.72 Å². The van der Waals surface area contributed by atoms with Crippen molar-refractivity contribution in [3.05, 3.63) is 52.9 Å². The summed E-state index contributed by atoms with van der Waals surface area (Å²) in [5.74, 6) is -0.454. The van der Waals surface area contributed by atoms with Gasteiger partial charge in [-0.05, 0) is 36.6 Å². The van der Waals surface area contributed by atoms with E-state index in [1.807, 2.05) is 6.92 Å². The second-order valence-corrected chi connectivity index (χ2v) is 8.62. The number of ether oxygens (including phenoxy) is 2. The van der Waals surface area contributed by atoms with Gasteiger partial charge in [-0.2, -0.15) is 13.1 Å². The molecule has 2 heterocycles. The van der Waals surface area contributed by atoms with Gasteiger partial charge in [0.1, 0.15) is 19.5 Å². The summed E-state index contributed by atoms with van der Waals surface area (Å²) in [6.07, 6.45) is 4.77. The average molecular weight is 527 g/mol. The Kier molecular flexibility index (Phi) is 6.53. The minimum Gasteiger partial charge on any atom is -0.473 e. The van der Waals surface area contributed by atoms with E-state index in [-0.39, 0.29) is 65.2 Å². The van der Waals surface area contributed by atoms with Crippen molar-refractivity contribution in [1.29, 1.82) is 0 Å². The van der Waals surface area contributed by atoms with E-state index < -0.39 is 22.3 Å². The fourth-order valence-corrected chi connectivity index (χ4v) is 3.48. The van der Waals surface area contributed by atoms with E-state index in [2.05, 4.69) is 45.3 Å². The van der Waals surface area contributed by atoms with Gasteiger partial charge in [0, 0.05) is 23.4 Å². The summed E-state index contributed by atoms with van der Waals surface area (Å²) in [5.41, 5.74) is 0.470. The Labute approximate surface area is 200 Å². The number of benzene rings is 1. The van der Waals surface area contributed by atoms with E-state index in [1.54, 1.807) is 19.3 Å². The van der Waals surface area contributed by atoms with Crippen LogP contribution in [0, 0.1) is 6.92 Å². The standard InChI is InChI=1S/C20H23BrN6O4S/c1-3-8-26-32(28,29)27-18-17(15-4-6-16(21)7-5-15)19(25-13-24-18)30-9-10-31-20-22-11-14(2)12-23-20/h4-7,11-13,26H,3,8-10H2,1-2H3,(H,24,25,27)/i4D,5D,6D,7D. The van der Waals surface area contributed by atoms with Crippen molar-refractivity contribution in [3.63, 3.8) is 0 Å². The van der Waals surface area contributed by atoms with Gasteiger partial charge >= 0.3 is 6.01 Å². The molecule has 0 saturated carbocycles. The fraction of sp³-hybridized carbons (Fsp3) is 0.300. The lowest BCUT2D eigenvalue weighted by molar-refractivity contribution is 0.202. The van der Waals surface area contributed by atoms with Gasteiger partial charge < -0.3 is 9.47 Å². The smallest absolute Gasteiger partial charge is 0.316 e. The predicted octanol–water partition coefficient (Wildman–Crippen LogP) is 3.12. The van der Waals surface area contributed by atoms with Gasteiger partial charge in [0.2, 0.25) is 5.88 Å². The highest BCUT2D eigenvalue weighted by molar-refractivity contribution is 9.10. The van der Waals surface area contributed by atoms with Crippen LogP contribution in [0.4, 0.5) is 5.82 Å². The second-order valence-electron chi connectivity index (χ2n) is 6.33. The molecule has 0 saturated heterocycles. The lowest BCUT2D eigenvalue weighted by Crippen LogP contribution is -2.31. The van der Waals surface area contributed by atoms with E-state index in [0.29, 0.717) is 6.42 Å².